The maximum atomic E-state index is 12.1. The summed E-state index contributed by atoms with van der Waals surface area (Å²) >= 11 is 0. The highest BCUT2D eigenvalue weighted by atomic mass is 16.4. The van der Waals surface area contributed by atoms with Crippen LogP contribution in [-0.2, 0) is 9.59 Å². The van der Waals surface area contributed by atoms with E-state index in [-0.39, 0.29) is 18.2 Å². The average molecular weight is 292 g/mol. The normalized spacial score (nSPS) is 10.8. The van der Waals surface area contributed by atoms with Crippen molar-refractivity contribution in [2.24, 2.45) is 0 Å². The van der Waals surface area contributed by atoms with E-state index in [0.717, 1.165) is 0 Å². The SMILES string of the molecule is CC(=O)Nc1ccc(C(=O)NC(C)(C)CCC(=O)O)cc1. The molecule has 2 amide bonds. The molecule has 3 N–H and O–H groups in total. The molecule has 0 aromatic heterocycles. The molecular weight excluding hydrogens is 272 g/mol. The van der Waals surface area contributed by atoms with Crippen LogP contribution in [0.3, 0.4) is 0 Å². The molecule has 0 heterocycles. The Morgan fingerprint density at radius 1 is 1.14 bits per heavy atom. The van der Waals surface area contributed by atoms with Gasteiger partial charge in [0.1, 0.15) is 0 Å². The Labute approximate surface area is 123 Å². The fourth-order valence-electron chi connectivity index (χ4n) is 1.77. The van der Waals surface area contributed by atoms with Gasteiger partial charge in [-0.1, -0.05) is 0 Å². The summed E-state index contributed by atoms with van der Waals surface area (Å²) in [6.45, 7) is 4.96. The van der Waals surface area contributed by atoms with E-state index in [1.54, 1.807) is 38.1 Å². The lowest BCUT2D eigenvalue weighted by atomic mass is 9.97. The average Bonchev–Trinajstić information content (AvgIpc) is 2.36. The van der Waals surface area contributed by atoms with E-state index in [0.29, 0.717) is 17.7 Å². The first-order chi connectivity index (χ1) is 9.69. The molecule has 0 aliphatic heterocycles. The summed E-state index contributed by atoms with van der Waals surface area (Å²) in [7, 11) is 0. The molecule has 6 heteroatoms. The number of hydrogen-bond acceptors (Lipinski definition) is 3. The molecule has 0 fully saturated rings. The third-order valence-electron chi connectivity index (χ3n) is 2.88. The van der Waals surface area contributed by atoms with Crippen molar-refractivity contribution in [3.8, 4) is 0 Å². The standard InChI is InChI=1S/C15H20N2O4/c1-10(18)16-12-6-4-11(5-7-12)14(21)17-15(2,3)9-8-13(19)20/h4-7H,8-9H2,1-3H3,(H,16,18)(H,17,21)(H,19,20). The van der Waals surface area contributed by atoms with Gasteiger partial charge in [-0.05, 0) is 44.5 Å². The molecule has 0 aliphatic rings. The van der Waals surface area contributed by atoms with Crippen LogP contribution in [0.1, 0.15) is 44.0 Å². The molecule has 0 saturated heterocycles. The monoisotopic (exact) mass is 292 g/mol. The summed E-state index contributed by atoms with van der Waals surface area (Å²) in [5, 5.41) is 14.1. The van der Waals surface area contributed by atoms with Crippen LogP contribution in [-0.4, -0.2) is 28.4 Å². The molecule has 1 aromatic rings. The zero-order valence-corrected chi connectivity index (χ0v) is 12.4. The number of aliphatic carboxylic acids is 1. The number of carbonyl (C=O) groups is 3. The molecule has 0 saturated carbocycles. The number of amides is 2. The van der Waals surface area contributed by atoms with E-state index < -0.39 is 11.5 Å². The smallest absolute Gasteiger partial charge is 0.303 e. The van der Waals surface area contributed by atoms with Gasteiger partial charge >= 0.3 is 5.97 Å². The number of benzene rings is 1. The topological polar surface area (TPSA) is 95.5 Å². The highest BCUT2D eigenvalue weighted by Gasteiger charge is 2.22. The maximum Gasteiger partial charge on any atom is 0.303 e. The summed E-state index contributed by atoms with van der Waals surface area (Å²) in [4.78, 5) is 33.6. The minimum atomic E-state index is -0.892. The summed E-state index contributed by atoms with van der Waals surface area (Å²) in [6.07, 6.45) is 0.340. The van der Waals surface area contributed by atoms with Crippen molar-refractivity contribution in [3.63, 3.8) is 0 Å². The largest absolute Gasteiger partial charge is 0.481 e. The minimum Gasteiger partial charge on any atom is -0.481 e. The van der Waals surface area contributed by atoms with Crippen LogP contribution in [0.2, 0.25) is 0 Å². The number of nitrogens with one attached hydrogen (secondary N) is 2. The van der Waals surface area contributed by atoms with Gasteiger partial charge in [0.2, 0.25) is 5.91 Å². The van der Waals surface area contributed by atoms with Gasteiger partial charge in [-0.15, -0.1) is 0 Å². The first kappa shape index (κ1) is 16.7. The van der Waals surface area contributed by atoms with Crippen LogP contribution in [0.5, 0.6) is 0 Å². The van der Waals surface area contributed by atoms with Crippen LogP contribution in [0, 0.1) is 0 Å². The summed E-state index contributed by atoms with van der Waals surface area (Å²) < 4.78 is 0. The van der Waals surface area contributed by atoms with Crippen molar-refractivity contribution in [2.45, 2.75) is 39.2 Å². The molecule has 1 rings (SSSR count). The van der Waals surface area contributed by atoms with Gasteiger partial charge < -0.3 is 15.7 Å². The van der Waals surface area contributed by atoms with Crippen molar-refractivity contribution in [1.82, 2.24) is 5.32 Å². The number of carboxylic acids is 1. The van der Waals surface area contributed by atoms with E-state index in [1.807, 2.05) is 0 Å². The van der Waals surface area contributed by atoms with Crippen LogP contribution in [0.25, 0.3) is 0 Å². The van der Waals surface area contributed by atoms with Crippen LogP contribution >= 0.6 is 0 Å². The predicted octanol–water partition coefficient (Wildman–Crippen LogP) is 2.02. The number of carboxylic acid groups (broad SMARTS) is 1. The van der Waals surface area contributed by atoms with E-state index >= 15 is 0 Å². The van der Waals surface area contributed by atoms with Crippen molar-refractivity contribution in [2.75, 3.05) is 5.32 Å². The van der Waals surface area contributed by atoms with E-state index in [9.17, 15) is 14.4 Å². The number of rotatable bonds is 6. The number of carbonyl (C=O) groups excluding carboxylic acids is 2. The first-order valence-electron chi connectivity index (χ1n) is 6.61. The molecule has 0 unspecified atom stereocenters. The molecule has 0 radical (unpaired) electrons. The second-order valence-electron chi connectivity index (χ2n) is 5.49. The van der Waals surface area contributed by atoms with Crippen LogP contribution in [0.15, 0.2) is 24.3 Å². The van der Waals surface area contributed by atoms with Gasteiger partial charge in [-0.2, -0.15) is 0 Å². The summed E-state index contributed by atoms with van der Waals surface area (Å²) in [5.41, 5.74) is 0.461. The van der Waals surface area contributed by atoms with Crippen LogP contribution < -0.4 is 10.6 Å². The molecule has 0 aliphatic carbocycles. The lowest BCUT2D eigenvalue weighted by Crippen LogP contribution is -2.43. The van der Waals surface area contributed by atoms with Gasteiger partial charge in [0.25, 0.3) is 5.91 Å². The van der Waals surface area contributed by atoms with Gasteiger partial charge in [0, 0.05) is 30.1 Å². The van der Waals surface area contributed by atoms with Crippen LogP contribution in [0.4, 0.5) is 5.69 Å². The highest BCUT2D eigenvalue weighted by molar-refractivity contribution is 5.95. The third-order valence-corrected chi connectivity index (χ3v) is 2.88. The maximum absolute atomic E-state index is 12.1. The zero-order valence-electron chi connectivity index (χ0n) is 12.4. The van der Waals surface area contributed by atoms with Gasteiger partial charge in [-0.25, -0.2) is 0 Å². The fourth-order valence-corrected chi connectivity index (χ4v) is 1.77. The summed E-state index contributed by atoms with van der Waals surface area (Å²) in [6, 6.07) is 6.49. The van der Waals surface area contributed by atoms with E-state index in [1.165, 1.54) is 6.92 Å². The lowest BCUT2D eigenvalue weighted by molar-refractivity contribution is -0.137. The highest BCUT2D eigenvalue weighted by Crippen LogP contribution is 2.14. The minimum absolute atomic E-state index is 0.00521. The molecule has 6 nitrogen and oxygen atoms in total. The van der Waals surface area contributed by atoms with Crippen molar-refractivity contribution in [3.05, 3.63) is 29.8 Å². The zero-order chi connectivity index (χ0) is 16.0. The second kappa shape index (κ2) is 6.88. The lowest BCUT2D eigenvalue weighted by Gasteiger charge is -2.25. The fraction of sp³-hybridized carbons (Fsp3) is 0.400. The Bertz CT molecular complexity index is 535. The second-order valence-corrected chi connectivity index (χ2v) is 5.49. The van der Waals surface area contributed by atoms with Gasteiger partial charge in [-0.3, -0.25) is 14.4 Å². The van der Waals surface area contributed by atoms with Gasteiger partial charge in [0.15, 0.2) is 0 Å². The Morgan fingerprint density at radius 2 is 1.71 bits per heavy atom. The quantitative estimate of drug-likeness (QED) is 0.747. The summed E-state index contributed by atoms with van der Waals surface area (Å²) in [5.74, 6) is -1.35. The Balaban J connectivity index is 2.66. The Morgan fingerprint density at radius 3 is 2.19 bits per heavy atom. The number of anilines is 1. The Kier molecular flexibility index (Phi) is 5.46. The van der Waals surface area contributed by atoms with Crippen molar-refractivity contribution in [1.29, 1.82) is 0 Å². The van der Waals surface area contributed by atoms with E-state index in [2.05, 4.69) is 10.6 Å². The van der Waals surface area contributed by atoms with Gasteiger partial charge in [0.05, 0.1) is 0 Å². The molecule has 114 valence electrons. The van der Waals surface area contributed by atoms with E-state index in [4.69, 9.17) is 5.11 Å². The molecule has 0 bridgehead atoms. The van der Waals surface area contributed by atoms with Crippen molar-refractivity contribution >= 4 is 23.5 Å². The molecule has 21 heavy (non-hydrogen) atoms. The van der Waals surface area contributed by atoms with Crippen molar-refractivity contribution < 1.29 is 19.5 Å². The first-order valence-corrected chi connectivity index (χ1v) is 6.61. The molecule has 0 spiro atoms. The molecule has 1 aromatic carbocycles. The Hall–Kier alpha value is -2.37. The third kappa shape index (κ3) is 6.07. The predicted molar refractivity (Wildman–Crippen MR) is 79.2 cm³/mol. The molecule has 0 atom stereocenters. The molecular formula is C15H20N2O4. The number of hydrogen-bond donors (Lipinski definition) is 3.